The molecule has 3 aromatic rings. The van der Waals surface area contributed by atoms with E-state index in [1.807, 2.05) is 54.7 Å². The van der Waals surface area contributed by atoms with Crippen LogP contribution < -0.4 is 21.5 Å². The number of nitrogens with two attached hydrogens (primary N) is 2. The molecule has 218 valence electrons. The second-order valence-corrected chi connectivity index (χ2v) is 10.8. The molecular weight excluding hydrogens is 528 g/mol. The first-order chi connectivity index (χ1) is 20.4. The number of hydrogen-bond acceptors (Lipinski definition) is 6. The Bertz CT molecular complexity index is 1460. The summed E-state index contributed by atoms with van der Waals surface area (Å²) >= 11 is 0. The zero-order valence-corrected chi connectivity index (χ0v) is 23.9. The molecule has 1 heterocycles. The van der Waals surface area contributed by atoms with Crippen LogP contribution in [0.5, 0.6) is 5.75 Å². The highest BCUT2D eigenvalue weighted by atomic mass is 16.5. The Hall–Kier alpha value is -4.56. The van der Waals surface area contributed by atoms with Crippen molar-refractivity contribution in [3.05, 3.63) is 119 Å². The molecule has 0 spiro atoms. The average molecular weight is 567 g/mol. The van der Waals surface area contributed by atoms with Crippen LogP contribution in [0.3, 0.4) is 0 Å². The van der Waals surface area contributed by atoms with E-state index < -0.39 is 5.91 Å². The van der Waals surface area contributed by atoms with Gasteiger partial charge in [0, 0.05) is 25.3 Å². The molecule has 3 aromatic carbocycles. The number of methoxy groups -OCH3 is 1. The SMILES string of the molecule is COc1ccccc1C(=O)NCc1ccc(C2=C(C(N)=O)C(N)=CN(C3CCC(OCc4ccccc4)CC3)C2)cc1. The summed E-state index contributed by atoms with van der Waals surface area (Å²) in [6.07, 6.45) is 6.01. The van der Waals surface area contributed by atoms with Crippen LogP contribution in [0.1, 0.15) is 52.7 Å². The molecule has 5 N–H and O–H groups in total. The van der Waals surface area contributed by atoms with Gasteiger partial charge in [0.2, 0.25) is 0 Å². The largest absolute Gasteiger partial charge is 0.496 e. The monoisotopic (exact) mass is 566 g/mol. The molecule has 5 rings (SSSR count). The van der Waals surface area contributed by atoms with E-state index in [1.54, 1.807) is 25.3 Å². The van der Waals surface area contributed by atoms with Gasteiger partial charge in [-0.25, -0.2) is 0 Å². The van der Waals surface area contributed by atoms with Crippen molar-refractivity contribution in [3.63, 3.8) is 0 Å². The number of amides is 2. The van der Waals surface area contributed by atoms with Crippen LogP contribution in [0.2, 0.25) is 0 Å². The summed E-state index contributed by atoms with van der Waals surface area (Å²) in [5.74, 6) is -0.224. The van der Waals surface area contributed by atoms with Crippen LogP contribution in [0.25, 0.3) is 5.57 Å². The van der Waals surface area contributed by atoms with Crippen molar-refractivity contribution >= 4 is 17.4 Å². The molecule has 1 fully saturated rings. The summed E-state index contributed by atoms with van der Waals surface area (Å²) in [4.78, 5) is 27.4. The Kier molecular flexibility index (Phi) is 9.24. The quantitative estimate of drug-likeness (QED) is 0.332. The second kappa shape index (κ2) is 13.4. The molecule has 0 saturated heterocycles. The average Bonchev–Trinajstić information content (AvgIpc) is 3.03. The number of carbonyl (C=O) groups excluding carboxylic acids is 2. The number of primary amides is 1. The lowest BCUT2D eigenvalue weighted by Gasteiger charge is -2.39. The Morgan fingerprint density at radius 3 is 2.29 bits per heavy atom. The van der Waals surface area contributed by atoms with Crippen molar-refractivity contribution in [1.82, 2.24) is 10.2 Å². The molecule has 1 saturated carbocycles. The van der Waals surface area contributed by atoms with Crippen molar-refractivity contribution in [2.75, 3.05) is 13.7 Å². The van der Waals surface area contributed by atoms with Gasteiger partial charge < -0.3 is 31.2 Å². The van der Waals surface area contributed by atoms with Gasteiger partial charge in [0.25, 0.3) is 11.8 Å². The van der Waals surface area contributed by atoms with Gasteiger partial charge in [-0.2, -0.15) is 0 Å². The van der Waals surface area contributed by atoms with E-state index in [0.29, 0.717) is 48.3 Å². The van der Waals surface area contributed by atoms with Crippen molar-refractivity contribution in [2.45, 2.75) is 51.0 Å². The van der Waals surface area contributed by atoms with E-state index in [2.05, 4.69) is 22.3 Å². The second-order valence-electron chi connectivity index (χ2n) is 10.8. The van der Waals surface area contributed by atoms with Crippen LogP contribution in [-0.2, 0) is 22.7 Å². The Labute approximate surface area is 247 Å². The zero-order valence-electron chi connectivity index (χ0n) is 23.9. The lowest BCUT2D eigenvalue weighted by atomic mass is 9.88. The fourth-order valence-electron chi connectivity index (χ4n) is 5.75. The number of nitrogens with one attached hydrogen (secondary N) is 1. The molecule has 8 heteroatoms. The maximum absolute atomic E-state index is 12.7. The number of rotatable bonds is 10. The van der Waals surface area contributed by atoms with E-state index in [4.69, 9.17) is 20.9 Å². The first-order valence-electron chi connectivity index (χ1n) is 14.4. The standard InChI is InChI=1S/C34H38N4O4/c1-41-31-10-6-5-9-28(31)34(40)37-19-23-11-13-25(14-12-23)29-20-38(21-30(35)32(29)33(36)39)26-15-17-27(18-16-26)42-22-24-7-3-2-4-8-24/h2-14,21,26-27H,15-20,22,35H2,1H3,(H2,36,39)(H,37,40). The van der Waals surface area contributed by atoms with Gasteiger partial charge in [-0.3, -0.25) is 9.59 Å². The minimum absolute atomic E-state index is 0.212. The molecule has 2 aliphatic rings. The summed E-state index contributed by atoms with van der Waals surface area (Å²) in [5.41, 5.74) is 17.2. The highest BCUT2D eigenvalue weighted by Gasteiger charge is 2.30. The number of benzene rings is 3. The van der Waals surface area contributed by atoms with Gasteiger partial charge in [0.15, 0.2) is 0 Å². The third-order valence-corrected chi connectivity index (χ3v) is 8.03. The summed E-state index contributed by atoms with van der Waals surface area (Å²) in [7, 11) is 1.54. The number of nitrogens with zero attached hydrogens (tertiary/aromatic N) is 1. The first-order valence-corrected chi connectivity index (χ1v) is 14.4. The normalized spacial score (nSPS) is 18.8. The van der Waals surface area contributed by atoms with Gasteiger partial charge in [0.05, 0.1) is 36.7 Å². The summed E-state index contributed by atoms with van der Waals surface area (Å²) in [5, 5.41) is 2.94. The minimum Gasteiger partial charge on any atom is -0.496 e. The van der Waals surface area contributed by atoms with Crippen molar-refractivity contribution < 1.29 is 19.1 Å². The lowest BCUT2D eigenvalue weighted by Crippen LogP contribution is -2.40. The first kappa shape index (κ1) is 29.0. The Morgan fingerprint density at radius 1 is 0.905 bits per heavy atom. The minimum atomic E-state index is -0.537. The van der Waals surface area contributed by atoms with Gasteiger partial charge >= 0.3 is 0 Å². The molecule has 0 aromatic heterocycles. The molecule has 2 amide bonds. The van der Waals surface area contributed by atoms with E-state index in [1.165, 1.54) is 5.56 Å². The maximum atomic E-state index is 12.7. The lowest BCUT2D eigenvalue weighted by molar-refractivity contribution is -0.114. The molecular formula is C34H38N4O4. The maximum Gasteiger partial charge on any atom is 0.255 e. The van der Waals surface area contributed by atoms with Crippen molar-refractivity contribution in [2.24, 2.45) is 11.5 Å². The summed E-state index contributed by atoms with van der Waals surface area (Å²) in [6, 6.07) is 25.4. The summed E-state index contributed by atoms with van der Waals surface area (Å²) < 4.78 is 11.5. The molecule has 0 atom stereocenters. The predicted molar refractivity (Wildman–Crippen MR) is 163 cm³/mol. The summed E-state index contributed by atoms with van der Waals surface area (Å²) in [6.45, 7) is 1.52. The van der Waals surface area contributed by atoms with Crippen molar-refractivity contribution in [3.8, 4) is 5.75 Å². The van der Waals surface area contributed by atoms with Crippen molar-refractivity contribution in [1.29, 1.82) is 0 Å². The highest BCUT2D eigenvalue weighted by Crippen LogP contribution is 2.33. The Balaban J connectivity index is 1.22. The zero-order chi connectivity index (χ0) is 29.5. The van der Waals surface area contributed by atoms with Crippen LogP contribution >= 0.6 is 0 Å². The topological polar surface area (TPSA) is 120 Å². The highest BCUT2D eigenvalue weighted by molar-refractivity contribution is 6.05. The molecule has 0 unspecified atom stereocenters. The fraction of sp³-hybridized carbons (Fsp3) is 0.294. The fourth-order valence-corrected chi connectivity index (χ4v) is 5.75. The van der Waals surface area contributed by atoms with Crippen LogP contribution in [-0.4, -0.2) is 42.5 Å². The van der Waals surface area contributed by atoms with E-state index in [9.17, 15) is 9.59 Å². The van der Waals surface area contributed by atoms with E-state index >= 15 is 0 Å². The van der Waals surface area contributed by atoms with E-state index in [-0.39, 0.29) is 12.0 Å². The Morgan fingerprint density at radius 2 is 1.60 bits per heavy atom. The smallest absolute Gasteiger partial charge is 0.255 e. The van der Waals surface area contributed by atoms with Gasteiger partial charge in [-0.1, -0.05) is 66.7 Å². The number of hydrogen-bond donors (Lipinski definition) is 3. The van der Waals surface area contributed by atoms with Crippen LogP contribution in [0.4, 0.5) is 0 Å². The van der Waals surface area contributed by atoms with Gasteiger partial charge in [-0.05, 0) is 60.1 Å². The molecule has 42 heavy (non-hydrogen) atoms. The molecule has 0 bridgehead atoms. The molecule has 1 aliphatic heterocycles. The predicted octanol–water partition coefficient (Wildman–Crippen LogP) is 4.51. The van der Waals surface area contributed by atoms with Gasteiger partial charge in [0.1, 0.15) is 5.75 Å². The molecule has 1 aliphatic carbocycles. The van der Waals surface area contributed by atoms with Gasteiger partial charge in [-0.15, -0.1) is 0 Å². The molecule has 8 nitrogen and oxygen atoms in total. The number of ether oxygens (including phenoxy) is 2. The third-order valence-electron chi connectivity index (χ3n) is 8.03. The van der Waals surface area contributed by atoms with E-state index in [0.717, 1.165) is 42.4 Å². The number of carbonyl (C=O) groups is 2. The number of para-hydroxylation sites is 1. The molecule has 0 radical (unpaired) electrons. The van der Waals surface area contributed by atoms with Crippen LogP contribution in [0.15, 0.2) is 96.3 Å². The third kappa shape index (κ3) is 6.83. The van der Waals surface area contributed by atoms with Crippen LogP contribution in [0, 0.1) is 0 Å².